The van der Waals surface area contributed by atoms with Crippen LogP contribution in [0.25, 0.3) is 0 Å². The van der Waals surface area contributed by atoms with Crippen LogP contribution in [0.4, 0.5) is 0 Å². The first-order valence-corrected chi connectivity index (χ1v) is 9.49. The van der Waals surface area contributed by atoms with Gasteiger partial charge in [-0.15, -0.1) is 0 Å². The standard InChI is InChI=1S/C17H25ClN2S/c1-20-11-12(10-19)8-17(20)14-2-3-15(16(18)9-14)13-4-6-21-7-5-13/h2-3,9,12-13,17H,4-8,10-11,19H2,1H3. The SMILES string of the molecule is CN1CC(CN)CC1c1ccc(C2CCSCC2)c(Cl)c1. The van der Waals surface area contributed by atoms with Crippen LogP contribution in [-0.2, 0) is 0 Å². The van der Waals surface area contributed by atoms with Crippen LogP contribution in [-0.4, -0.2) is 36.5 Å². The Hall–Kier alpha value is -0.220. The molecule has 0 saturated carbocycles. The van der Waals surface area contributed by atoms with Crippen LogP contribution < -0.4 is 5.73 Å². The maximum Gasteiger partial charge on any atom is 0.0444 e. The van der Waals surface area contributed by atoms with E-state index in [2.05, 4.69) is 41.9 Å². The van der Waals surface area contributed by atoms with Gasteiger partial charge in [-0.25, -0.2) is 0 Å². The van der Waals surface area contributed by atoms with Crippen LogP contribution in [0, 0.1) is 5.92 Å². The molecular weight excluding hydrogens is 300 g/mol. The molecule has 0 aromatic heterocycles. The number of thioether (sulfide) groups is 1. The number of rotatable bonds is 3. The van der Waals surface area contributed by atoms with Crippen LogP contribution in [0.1, 0.15) is 42.3 Å². The van der Waals surface area contributed by atoms with Crippen molar-refractivity contribution < 1.29 is 0 Å². The van der Waals surface area contributed by atoms with Gasteiger partial charge in [0.2, 0.25) is 0 Å². The summed E-state index contributed by atoms with van der Waals surface area (Å²) in [4.78, 5) is 2.42. The highest BCUT2D eigenvalue weighted by Crippen LogP contribution is 2.39. The van der Waals surface area contributed by atoms with Crippen molar-refractivity contribution in [2.45, 2.75) is 31.2 Å². The van der Waals surface area contributed by atoms with Crippen molar-refractivity contribution >= 4 is 23.4 Å². The minimum Gasteiger partial charge on any atom is -0.330 e. The molecule has 0 aliphatic carbocycles. The van der Waals surface area contributed by atoms with E-state index < -0.39 is 0 Å². The Morgan fingerprint density at radius 3 is 2.71 bits per heavy atom. The summed E-state index contributed by atoms with van der Waals surface area (Å²) in [5, 5.41) is 0.967. The first kappa shape index (κ1) is 15.7. The first-order chi connectivity index (χ1) is 10.2. The Balaban J connectivity index is 1.77. The Labute approximate surface area is 137 Å². The van der Waals surface area contributed by atoms with Crippen LogP contribution in [0.15, 0.2) is 18.2 Å². The topological polar surface area (TPSA) is 29.3 Å². The summed E-state index contributed by atoms with van der Waals surface area (Å²) in [6.07, 6.45) is 3.69. The summed E-state index contributed by atoms with van der Waals surface area (Å²) in [6.45, 7) is 1.88. The predicted molar refractivity (Wildman–Crippen MR) is 93.3 cm³/mol. The fourth-order valence-corrected chi connectivity index (χ4v) is 5.21. The van der Waals surface area contributed by atoms with Gasteiger partial charge in [-0.05, 0) is 73.4 Å². The molecule has 2 heterocycles. The van der Waals surface area contributed by atoms with Crippen LogP contribution >= 0.6 is 23.4 Å². The van der Waals surface area contributed by atoms with Crippen molar-refractivity contribution in [3.8, 4) is 0 Å². The number of halogens is 1. The van der Waals surface area contributed by atoms with Crippen molar-refractivity contribution in [1.82, 2.24) is 4.90 Å². The molecule has 2 atom stereocenters. The highest BCUT2D eigenvalue weighted by atomic mass is 35.5. The molecule has 21 heavy (non-hydrogen) atoms. The molecular formula is C17H25ClN2S. The zero-order chi connectivity index (χ0) is 14.8. The first-order valence-electron chi connectivity index (χ1n) is 7.96. The van der Waals surface area contributed by atoms with E-state index in [4.69, 9.17) is 17.3 Å². The van der Waals surface area contributed by atoms with Crippen molar-refractivity contribution in [2.75, 3.05) is 31.6 Å². The number of nitrogens with two attached hydrogens (primary N) is 1. The van der Waals surface area contributed by atoms with E-state index in [-0.39, 0.29) is 0 Å². The third-order valence-electron chi connectivity index (χ3n) is 5.04. The monoisotopic (exact) mass is 324 g/mol. The fourth-order valence-electron chi connectivity index (χ4n) is 3.76. The van der Waals surface area contributed by atoms with E-state index in [1.54, 1.807) is 0 Å². The molecule has 0 amide bonds. The van der Waals surface area contributed by atoms with Crippen LogP contribution in [0.3, 0.4) is 0 Å². The normalized spacial score (nSPS) is 28.1. The second-order valence-corrected chi connectivity index (χ2v) is 8.09. The van der Waals surface area contributed by atoms with Gasteiger partial charge in [0, 0.05) is 17.6 Å². The smallest absolute Gasteiger partial charge is 0.0444 e. The molecule has 2 aliphatic rings. The second-order valence-electron chi connectivity index (χ2n) is 6.46. The van der Waals surface area contributed by atoms with Crippen LogP contribution in [0.2, 0.25) is 5.02 Å². The molecule has 1 aromatic rings. The number of hydrogen-bond acceptors (Lipinski definition) is 3. The van der Waals surface area contributed by atoms with Crippen molar-refractivity contribution in [2.24, 2.45) is 11.7 Å². The minimum atomic E-state index is 0.479. The molecule has 2 fully saturated rings. The largest absolute Gasteiger partial charge is 0.330 e. The van der Waals surface area contributed by atoms with E-state index in [1.807, 2.05) is 0 Å². The van der Waals surface area contributed by atoms with Crippen LogP contribution in [0.5, 0.6) is 0 Å². The molecule has 0 radical (unpaired) electrons. The molecule has 2 saturated heterocycles. The molecule has 2 aliphatic heterocycles. The quantitative estimate of drug-likeness (QED) is 0.914. The lowest BCUT2D eigenvalue weighted by atomic mass is 9.91. The fraction of sp³-hybridized carbons (Fsp3) is 0.647. The highest BCUT2D eigenvalue weighted by Gasteiger charge is 2.30. The lowest BCUT2D eigenvalue weighted by Gasteiger charge is -2.25. The average Bonchev–Trinajstić information content (AvgIpc) is 2.89. The van der Waals surface area contributed by atoms with Gasteiger partial charge < -0.3 is 5.73 Å². The van der Waals surface area contributed by atoms with Gasteiger partial charge >= 0.3 is 0 Å². The van der Waals surface area contributed by atoms with Gasteiger partial charge in [0.25, 0.3) is 0 Å². The van der Waals surface area contributed by atoms with Crippen molar-refractivity contribution in [1.29, 1.82) is 0 Å². The van der Waals surface area contributed by atoms with E-state index in [1.165, 1.54) is 35.5 Å². The number of hydrogen-bond donors (Lipinski definition) is 1. The molecule has 1 aromatic carbocycles. The van der Waals surface area contributed by atoms with Gasteiger partial charge in [0.1, 0.15) is 0 Å². The zero-order valence-electron chi connectivity index (χ0n) is 12.7. The highest BCUT2D eigenvalue weighted by molar-refractivity contribution is 7.99. The molecule has 2 nitrogen and oxygen atoms in total. The summed E-state index contributed by atoms with van der Waals surface area (Å²) in [5.74, 6) is 3.82. The number of likely N-dealkylation sites (tertiary alicyclic amines) is 1. The summed E-state index contributed by atoms with van der Waals surface area (Å²) < 4.78 is 0. The lowest BCUT2D eigenvalue weighted by Crippen LogP contribution is -2.20. The Morgan fingerprint density at radius 2 is 2.10 bits per heavy atom. The molecule has 0 bridgehead atoms. The Kier molecular flexibility index (Phi) is 5.15. The average molecular weight is 325 g/mol. The van der Waals surface area contributed by atoms with Gasteiger partial charge in [-0.2, -0.15) is 11.8 Å². The summed E-state index contributed by atoms with van der Waals surface area (Å²) in [6, 6.07) is 7.26. The summed E-state index contributed by atoms with van der Waals surface area (Å²) in [7, 11) is 2.19. The van der Waals surface area contributed by atoms with E-state index >= 15 is 0 Å². The van der Waals surface area contributed by atoms with E-state index in [0.29, 0.717) is 17.9 Å². The van der Waals surface area contributed by atoms with E-state index in [0.717, 1.165) is 24.5 Å². The predicted octanol–water partition coefficient (Wildman–Crippen LogP) is 3.90. The van der Waals surface area contributed by atoms with Crippen molar-refractivity contribution in [3.63, 3.8) is 0 Å². The third-order valence-corrected chi connectivity index (χ3v) is 6.41. The second kappa shape index (κ2) is 6.91. The molecule has 0 spiro atoms. The Bertz CT molecular complexity index is 488. The maximum absolute atomic E-state index is 6.61. The minimum absolute atomic E-state index is 0.479. The summed E-state index contributed by atoms with van der Waals surface area (Å²) in [5.41, 5.74) is 8.55. The lowest BCUT2D eigenvalue weighted by molar-refractivity contribution is 0.313. The van der Waals surface area contributed by atoms with Crippen molar-refractivity contribution in [3.05, 3.63) is 34.3 Å². The zero-order valence-corrected chi connectivity index (χ0v) is 14.3. The Morgan fingerprint density at radius 1 is 1.33 bits per heavy atom. The maximum atomic E-state index is 6.61. The van der Waals surface area contributed by atoms with Gasteiger partial charge in [-0.1, -0.05) is 23.7 Å². The van der Waals surface area contributed by atoms with Gasteiger partial charge in [-0.3, -0.25) is 4.90 Å². The number of nitrogens with zero attached hydrogens (tertiary/aromatic N) is 1. The van der Waals surface area contributed by atoms with E-state index in [9.17, 15) is 0 Å². The summed E-state index contributed by atoms with van der Waals surface area (Å²) >= 11 is 8.67. The van der Waals surface area contributed by atoms with Gasteiger partial charge in [0.15, 0.2) is 0 Å². The molecule has 4 heteroatoms. The third kappa shape index (κ3) is 3.42. The molecule has 3 rings (SSSR count). The molecule has 116 valence electrons. The number of benzene rings is 1. The molecule has 2 N–H and O–H groups in total. The molecule has 2 unspecified atom stereocenters. The van der Waals surface area contributed by atoms with Gasteiger partial charge in [0.05, 0.1) is 0 Å².